The number of nitrogens with one attached hydrogen (secondary N) is 1. The molecule has 1 N–H and O–H groups in total. The van der Waals surface area contributed by atoms with Gasteiger partial charge in [0.15, 0.2) is 23.0 Å². The van der Waals surface area contributed by atoms with E-state index in [9.17, 15) is 13.6 Å². The van der Waals surface area contributed by atoms with Crippen molar-refractivity contribution in [3.63, 3.8) is 0 Å². The van der Waals surface area contributed by atoms with Crippen LogP contribution in [0.2, 0.25) is 0 Å². The topological polar surface area (TPSA) is 66.0 Å². The Morgan fingerprint density at radius 1 is 0.931 bits per heavy atom. The molecule has 8 heteroatoms. The quantitative estimate of drug-likeness (QED) is 0.558. The smallest absolute Gasteiger partial charge is 0.387 e. The minimum absolute atomic E-state index is 0.135. The molecule has 2 aromatic carbocycles. The average Bonchev–Trinajstić information content (AvgIpc) is 2.70. The Bertz CT molecular complexity index is 814. The Balaban J connectivity index is 2.21. The third-order valence-corrected chi connectivity index (χ3v) is 3.77. The highest BCUT2D eigenvalue weighted by molar-refractivity contribution is 6.04. The van der Waals surface area contributed by atoms with Crippen LogP contribution in [0.1, 0.15) is 37.0 Å². The van der Waals surface area contributed by atoms with Crippen molar-refractivity contribution in [1.82, 2.24) is 0 Å². The number of ether oxygens (including phenoxy) is 4. The molecule has 0 radical (unpaired) electrons. The van der Waals surface area contributed by atoms with Gasteiger partial charge in [-0.05, 0) is 43.2 Å². The third kappa shape index (κ3) is 6.51. The van der Waals surface area contributed by atoms with Crippen molar-refractivity contribution in [2.24, 2.45) is 0 Å². The molecule has 29 heavy (non-hydrogen) atoms. The van der Waals surface area contributed by atoms with Crippen LogP contribution >= 0.6 is 0 Å². The predicted molar refractivity (Wildman–Crippen MR) is 106 cm³/mol. The number of rotatable bonds is 11. The van der Waals surface area contributed by atoms with Gasteiger partial charge in [-0.15, -0.1) is 0 Å². The summed E-state index contributed by atoms with van der Waals surface area (Å²) in [5.41, 5.74) is 0.626. The van der Waals surface area contributed by atoms with Crippen LogP contribution in [0.3, 0.4) is 0 Å². The number of hydrogen-bond acceptors (Lipinski definition) is 5. The number of carbonyl (C=O) groups excluding carboxylic acids is 1. The summed E-state index contributed by atoms with van der Waals surface area (Å²) in [4.78, 5) is 12.6. The van der Waals surface area contributed by atoms with Crippen molar-refractivity contribution in [1.29, 1.82) is 0 Å². The number of hydrogen-bond donors (Lipinski definition) is 1. The normalized spacial score (nSPS) is 10.6. The minimum atomic E-state index is -3.01. The van der Waals surface area contributed by atoms with E-state index in [1.165, 1.54) is 25.3 Å². The summed E-state index contributed by atoms with van der Waals surface area (Å²) in [6, 6.07) is 9.12. The fraction of sp³-hybridized carbons (Fsp3) is 0.381. The molecule has 0 spiro atoms. The highest BCUT2D eigenvalue weighted by Crippen LogP contribution is 2.32. The van der Waals surface area contributed by atoms with Crippen LogP contribution in [0.5, 0.6) is 23.0 Å². The van der Waals surface area contributed by atoms with Gasteiger partial charge >= 0.3 is 6.61 Å². The van der Waals surface area contributed by atoms with Crippen molar-refractivity contribution in [2.75, 3.05) is 25.6 Å². The fourth-order valence-corrected chi connectivity index (χ4v) is 2.45. The highest BCUT2D eigenvalue weighted by Gasteiger charge is 2.15. The molecule has 0 saturated carbocycles. The SMILES string of the molecule is CCCOc1ccc(C(=O)Nc2ccc(OC)c(OC(F)F)c2)cc1OCCC. The molecule has 0 saturated heterocycles. The van der Waals surface area contributed by atoms with Crippen molar-refractivity contribution in [3.05, 3.63) is 42.0 Å². The molecule has 0 aliphatic carbocycles. The van der Waals surface area contributed by atoms with E-state index in [0.29, 0.717) is 30.3 Å². The van der Waals surface area contributed by atoms with Crippen LogP contribution in [0.15, 0.2) is 36.4 Å². The van der Waals surface area contributed by atoms with Gasteiger partial charge in [-0.25, -0.2) is 0 Å². The van der Waals surface area contributed by atoms with Crippen LogP contribution in [-0.4, -0.2) is 32.8 Å². The first-order valence-electron chi connectivity index (χ1n) is 9.32. The Morgan fingerprint density at radius 2 is 1.59 bits per heavy atom. The Labute approximate surface area is 168 Å². The second-order valence-electron chi connectivity index (χ2n) is 6.06. The lowest BCUT2D eigenvalue weighted by atomic mass is 10.1. The minimum Gasteiger partial charge on any atom is -0.493 e. The van der Waals surface area contributed by atoms with Crippen molar-refractivity contribution >= 4 is 11.6 Å². The van der Waals surface area contributed by atoms with Gasteiger partial charge in [0.05, 0.1) is 20.3 Å². The summed E-state index contributed by atoms with van der Waals surface area (Å²) in [7, 11) is 1.34. The van der Waals surface area contributed by atoms with Crippen molar-refractivity contribution in [3.8, 4) is 23.0 Å². The fourth-order valence-electron chi connectivity index (χ4n) is 2.45. The largest absolute Gasteiger partial charge is 0.493 e. The second kappa shape index (κ2) is 11.1. The Morgan fingerprint density at radius 3 is 2.21 bits per heavy atom. The maximum absolute atomic E-state index is 12.6. The van der Waals surface area contributed by atoms with Gasteiger partial charge in [0.2, 0.25) is 0 Å². The monoisotopic (exact) mass is 409 g/mol. The molecular formula is C21H25F2NO5. The van der Waals surface area contributed by atoms with Crippen molar-refractivity contribution in [2.45, 2.75) is 33.3 Å². The number of anilines is 1. The molecule has 0 aliphatic rings. The lowest BCUT2D eigenvalue weighted by molar-refractivity contribution is -0.0511. The first-order valence-corrected chi connectivity index (χ1v) is 9.32. The Hall–Kier alpha value is -3.03. The molecule has 2 aromatic rings. The second-order valence-corrected chi connectivity index (χ2v) is 6.06. The standard InChI is InChI=1S/C21H25F2NO5/c1-4-10-27-17-8-6-14(12-18(17)28-11-5-2)20(25)24-15-7-9-16(26-3)19(13-15)29-21(22)23/h6-9,12-13,21H,4-5,10-11H2,1-3H3,(H,24,25). The van der Waals surface area contributed by atoms with Crippen molar-refractivity contribution < 1.29 is 32.5 Å². The number of amides is 1. The summed E-state index contributed by atoms with van der Waals surface area (Å²) >= 11 is 0. The van der Waals surface area contributed by atoms with Crippen LogP contribution in [0, 0.1) is 0 Å². The lowest BCUT2D eigenvalue weighted by Gasteiger charge is -2.14. The summed E-state index contributed by atoms with van der Waals surface area (Å²) in [5, 5.41) is 2.65. The summed E-state index contributed by atoms with van der Waals surface area (Å²) in [6.45, 7) is 1.98. The molecule has 0 aromatic heterocycles. The summed E-state index contributed by atoms with van der Waals surface area (Å²) in [6.07, 6.45) is 1.65. The van der Waals surface area contributed by atoms with Gasteiger partial charge in [-0.1, -0.05) is 13.8 Å². The van der Waals surface area contributed by atoms with Crippen LogP contribution < -0.4 is 24.3 Å². The third-order valence-electron chi connectivity index (χ3n) is 3.77. The van der Waals surface area contributed by atoms with E-state index < -0.39 is 12.5 Å². The number of benzene rings is 2. The first kappa shape index (κ1) is 22.3. The summed E-state index contributed by atoms with van der Waals surface area (Å²) in [5.74, 6) is 0.575. The zero-order valence-electron chi connectivity index (χ0n) is 16.7. The van der Waals surface area contributed by atoms with E-state index in [1.807, 2.05) is 13.8 Å². The molecule has 6 nitrogen and oxygen atoms in total. The van der Waals surface area contributed by atoms with Gasteiger partial charge in [0, 0.05) is 17.3 Å². The van der Waals surface area contributed by atoms with E-state index in [0.717, 1.165) is 12.8 Å². The van der Waals surface area contributed by atoms with Crippen LogP contribution in [0.25, 0.3) is 0 Å². The van der Waals surface area contributed by atoms with Crippen LogP contribution in [0.4, 0.5) is 14.5 Å². The average molecular weight is 409 g/mol. The maximum atomic E-state index is 12.6. The van der Waals surface area contributed by atoms with Gasteiger partial charge in [-0.3, -0.25) is 4.79 Å². The zero-order chi connectivity index (χ0) is 21.2. The lowest BCUT2D eigenvalue weighted by Crippen LogP contribution is -2.13. The molecular weight excluding hydrogens is 384 g/mol. The summed E-state index contributed by atoms with van der Waals surface area (Å²) < 4.78 is 45.9. The predicted octanol–water partition coefficient (Wildman–Crippen LogP) is 5.13. The van der Waals surface area contributed by atoms with Gasteiger partial charge in [0.25, 0.3) is 5.91 Å². The molecule has 0 unspecified atom stereocenters. The van der Waals surface area contributed by atoms with Crippen LogP contribution in [-0.2, 0) is 0 Å². The first-order chi connectivity index (χ1) is 14.0. The molecule has 0 bridgehead atoms. The molecule has 158 valence electrons. The number of methoxy groups -OCH3 is 1. The molecule has 2 rings (SSSR count). The molecule has 0 atom stereocenters. The van der Waals surface area contributed by atoms with E-state index in [1.54, 1.807) is 18.2 Å². The molecule has 0 fully saturated rings. The van der Waals surface area contributed by atoms with Gasteiger partial charge in [-0.2, -0.15) is 8.78 Å². The zero-order valence-corrected chi connectivity index (χ0v) is 16.7. The van der Waals surface area contributed by atoms with E-state index in [2.05, 4.69) is 10.1 Å². The molecule has 1 amide bonds. The number of carbonyl (C=O) groups is 1. The van der Waals surface area contributed by atoms with Gasteiger partial charge in [0.1, 0.15) is 0 Å². The van der Waals surface area contributed by atoms with Gasteiger partial charge < -0.3 is 24.3 Å². The van der Waals surface area contributed by atoms with E-state index in [4.69, 9.17) is 14.2 Å². The molecule has 0 heterocycles. The highest BCUT2D eigenvalue weighted by atomic mass is 19.3. The van der Waals surface area contributed by atoms with E-state index >= 15 is 0 Å². The molecule has 0 aliphatic heterocycles. The van der Waals surface area contributed by atoms with E-state index in [-0.39, 0.29) is 17.2 Å². The number of halogens is 2. The Kier molecular flexibility index (Phi) is 8.51. The number of alkyl halides is 2. The maximum Gasteiger partial charge on any atom is 0.387 e.